The molecule has 0 bridgehead atoms. The molecule has 3 heteroatoms. The lowest BCUT2D eigenvalue weighted by Crippen LogP contribution is -2.48. The van der Waals surface area contributed by atoms with Crippen LogP contribution in [-0.4, -0.2) is 42.4 Å². The number of hydrogen-bond donors (Lipinski definition) is 2. The van der Waals surface area contributed by atoms with Crippen LogP contribution in [0.15, 0.2) is 0 Å². The maximum absolute atomic E-state index is 9.70. The van der Waals surface area contributed by atoms with E-state index in [0.29, 0.717) is 0 Å². The van der Waals surface area contributed by atoms with E-state index in [1.54, 1.807) is 0 Å². The van der Waals surface area contributed by atoms with Crippen LogP contribution in [0.1, 0.15) is 26.2 Å². The Morgan fingerprint density at radius 3 is 2.67 bits per heavy atom. The van der Waals surface area contributed by atoms with Crippen molar-refractivity contribution in [2.45, 2.75) is 32.4 Å². The summed E-state index contributed by atoms with van der Waals surface area (Å²) in [6.45, 7) is 6.17. The van der Waals surface area contributed by atoms with Crippen LogP contribution in [0.3, 0.4) is 0 Å². The predicted molar refractivity (Wildman–Crippen MR) is 50.0 cm³/mol. The van der Waals surface area contributed by atoms with E-state index in [4.69, 9.17) is 0 Å². The first kappa shape index (κ1) is 9.96. The van der Waals surface area contributed by atoms with Gasteiger partial charge >= 0.3 is 0 Å². The van der Waals surface area contributed by atoms with E-state index in [0.717, 1.165) is 39.0 Å². The van der Waals surface area contributed by atoms with Gasteiger partial charge < -0.3 is 10.4 Å². The Kier molecular flexibility index (Phi) is 4.58. The van der Waals surface area contributed by atoms with Gasteiger partial charge in [0.25, 0.3) is 0 Å². The SMILES string of the molecule is CCCCC(O)N1CCNCC1. The first-order chi connectivity index (χ1) is 5.84. The number of nitrogens with zero attached hydrogens (tertiary/aromatic N) is 1. The Balaban J connectivity index is 2.15. The molecular formula is C9H20N2O. The van der Waals surface area contributed by atoms with Crippen molar-refractivity contribution in [2.24, 2.45) is 0 Å². The molecule has 0 radical (unpaired) electrons. The molecule has 1 fully saturated rings. The van der Waals surface area contributed by atoms with E-state index >= 15 is 0 Å². The lowest BCUT2D eigenvalue weighted by molar-refractivity contribution is -0.0104. The van der Waals surface area contributed by atoms with E-state index in [2.05, 4.69) is 17.1 Å². The van der Waals surface area contributed by atoms with Crippen molar-refractivity contribution in [1.29, 1.82) is 0 Å². The first-order valence-corrected chi connectivity index (χ1v) is 4.97. The molecule has 12 heavy (non-hydrogen) atoms. The number of hydrogen-bond acceptors (Lipinski definition) is 3. The summed E-state index contributed by atoms with van der Waals surface area (Å²) in [5.74, 6) is 0. The van der Waals surface area contributed by atoms with Crippen LogP contribution in [0.2, 0.25) is 0 Å². The van der Waals surface area contributed by atoms with Crippen molar-refractivity contribution in [3.05, 3.63) is 0 Å². The third-order valence-electron chi connectivity index (χ3n) is 2.39. The van der Waals surface area contributed by atoms with E-state index in [-0.39, 0.29) is 6.23 Å². The van der Waals surface area contributed by atoms with Crippen LogP contribution in [0.25, 0.3) is 0 Å². The molecule has 0 saturated carbocycles. The topological polar surface area (TPSA) is 35.5 Å². The summed E-state index contributed by atoms with van der Waals surface area (Å²) in [5.41, 5.74) is 0. The van der Waals surface area contributed by atoms with Gasteiger partial charge in [-0.05, 0) is 12.8 Å². The highest BCUT2D eigenvalue weighted by molar-refractivity contribution is 4.69. The van der Waals surface area contributed by atoms with Gasteiger partial charge in [-0.1, -0.05) is 13.3 Å². The van der Waals surface area contributed by atoms with E-state index in [1.165, 1.54) is 6.42 Å². The summed E-state index contributed by atoms with van der Waals surface area (Å²) < 4.78 is 0. The standard InChI is InChI=1S/C9H20N2O/c1-2-3-4-9(12)11-7-5-10-6-8-11/h9-10,12H,2-8H2,1H3. The van der Waals surface area contributed by atoms with Gasteiger partial charge in [0.2, 0.25) is 0 Å². The summed E-state index contributed by atoms with van der Waals surface area (Å²) in [7, 11) is 0. The van der Waals surface area contributed by atoms with Crippen molar-refractivity contribution >= 4 is 0 Å². The number of nitrogens with one attached hydrogen (secondary N) is 1. The highest BCUT2D eigenvalue weighted by Crippen LogP contribution is 2.06. The van der Waals surface area contributed by atoms with Gasteiger partial charge in [0.15, 0.2) is 0 Å². The van der Waals surface area contributed by atoms with Gasteiger partial charge in [0.05, 0.1) is 0 Å². The molecule has 0 aliphatic carbocycles. The Labute approximate surface area is 74.8 Å². The average molecular weight is 172 g/mol. The third-order valence-corrected chi connectivity index (χ3v) is 2.39. The molecule has 72 valence electrons. The van der Waals surface area contributed by atoms with Crippen LogP contribution in [-0.2, 0) is 0 Å². The maximum atomic E-state index is 9.70. The molecule has 1 aliphatic rings. The van der Waals surface area contributed by atoms with Crippen LogP contribution in [0.5, 0.6) is 0 Å². The second-order valence-corrected chi connectivity index (χ2v) is 3.41. The minimum Gasteiger partial charge on any atom is -0.378 e. The minimum absolute atomic E-state index is 0.202. The molecule has 1 aliphatic heterocycles. The largest absolute Gasteiger partial charge is 0.378 e. The minimum atomic E-state index is -0.202. The zero-order chi connectivity index (χ0) is 8.81. The van der Waals surface area contributed by atoms with Gasteiger partial charge in [-0.3, -0.25) is 4.90 Å². The second-order valence-electron chi connectivity index (χ2n) is 3.41. The van der Waals surface area contributed by atoms with Crippen molar-refractivity contribution in [3.63, 3.8) is 0 Å². The molecule has 1 heterocycles. The summed E-state index contributed by atoms with van der Waals surface area (Å²) in [5, 5.41) is 13.0. The van der Waals surface area contributed by atoms with Crippen molar-refractivity contribution < 1.29 is 5.11 Å². The van der Waals surface area contributed by atoms with Crippen LogP contribution in [0.4, 0.5) is 0 Å². The predicted octanol–water partition coefficient (Wildman–Crippen LogP) is 0.400. The van der Waals surface area contributed by atoms with Gasteiger partial charge in [-0.15, -0.1) is 0 Å². The van der Waals surface area contributed by atoms with Gasteiger partial charge in [-0.2, -0.15) is 0 Å². The molecule has 0 aromatic carbocycles. The van der Waals surface area contributed by atoms with Crippen LogP contribution < -0.4 is 5.32 Å². The Bertz CT molecular complexity index is 113. The summed E-state index contributed by atoms with van der Waals surface area (Å²) >= 11 is 0. The van der Waals surface area contributed by atoms with Gasteiger partial charge in [0.1, 0.15) is 6.23 Å². The van der Waals surface area contributed by atoms with E-state index < -0.39 is 0 Å². The number of unbranched alkanes of at least 4 members (excludes halogenated alkanes) is 1. The Morgan fingerprint density at radius 2 is 2.08 bits per heavy atom. The molecule has 3 nitrogen and oxygen atoms in total. The van der Waals surface area contributed by atoms with Crippen molar-refractivity contribution in [1.82, 2.24) is 10.2 Å². The number of aliphatic hydroxyl groups is 1. The van der Waals surface area contributed by atoms with Gasteiger partial charge in [0, 0.05) is 26.2 Å². The fraction of sp³-hybridized carbons (Fsp3) is 1.00. The maximum Gasteiger partial charge on any atom is 0.107 e. The highest BCUT2D eigenvalue weighted by Gasteiger charge is 2.16. The first-order valence-electron chi connectivity index (χ1n) is 4.97. The molecule has 0 amide bonds. The Morgan fingerprint density at radius 1 is 1.42 bits per heavy atom. The highest BCUT2D eigenvalue weighted by atomic mass is 16.3. The van der Waals surface area contributed by atoms with E-state index in [9.17, 15) is 5.11 Å². The zero-order valence-electron chi connectivity index (χ0n) is 7.92. The zero-order valence-corrected chi connectivity index (χ0v) is 7.92. The van der Waals surface area contributed by atoms with Crippen molar-refractivity contribution in [2.75, 3.05) is 26.2 Å². The smallest absolute Gasteiger partial charge is 0.107 e. The van der Waals surface area contributed by atoms with Crippen LogP contribution >= 0.6 is 0 Å². The lowest BCUT2D eigenvalue weighted by atomic mass is 10.2. The number of aliphatic hydroxyl groups excluding tert-OH is 1. The third kappa shape index (κ3) is 3.09. The summed E-state index contributed by atoms with van der Waals surface area (Å²) in [6.07, 6.45) is 3.03. The average Bonchev–Trinajstić information content (AvgIpc) is 2.15. The number of rotatable bonds is 4. The molecule has 1 atom stereocenters. The normalized spacial score (nSPS) is 22.5. The molecular weight excluding hydrogens is 152 g/mol. The second kappa shape index (κ2) is 5.51. The monoisotopic (exact) mass is 172 g/mol. The number of piperazine rings is 1. The quantitative estimate of drug-likeness (QED) is 0.644. The van der Waals surface area contributed by atoms with Crippen LogP contribution in [0, 0.1) is 0 Å². The van der Waals surface area contributed by atoms with Gasteiger partial charge in [-0.25, -0.2) is 0 Å². The fourth-order valence-electron chi connectivity index (χ4n) is 1.55. The molecule has 2 N–H and O–H groups in total. The summed E-state index contributed by atoms with van der Waals surface area (Å²) in [4.78, 5) is 2.16. The fourth-order valence-corrected chi connectivity index (χ4v) is 1.55. The molecule has 0 aromatic rings. The molecule has 0 spiro atoms. The Hall–Kier alpha value is -0.120. The lowest BCUT2D eigenvalue weighted by Gasteiger charge is -2.31. The molecule has 1 rings (SSSR count). The molecule has 0 aromatic heterocycles. The van der Waals surface area contributed by atoms with Crippen molar-refractivity contribution in [3.8, 4) is 0 Å². The molecule has 1 unspecified atom stereocenters. The van der Waals surface area contributed by atoms with E-state index in [1.807, 2.05) is 0 Å². The molecule has 1 saturated heterocycles. The summed E-state index contributed by atoms with van der Waals surface area (Å²) in [6, 6.07) is 0.